The van der Waals surface area contributed by atoms with Gasteiger partial charge in [-0.1, -0.05) is 32.9 Å². The van der Waals surface area contributed by atoms with Crippen LogP contribution >= 0.6 is 0 Å². The third kappa shape index (κ3) is 5.32. The van der Waals surface area contributed by atoms with Crippen molar-refractivity contribution < 1.29 is 14.3 Å². The molecule has 6 nitrogen and oxygen atoms in total. The lowest BCUT2D eigenvalue weighted by Crippen LogP contribution is -2.27. The van der Waals surface area contributed by atoms with Crippen molar-refractivity contribution in [3.63, 3.8) is 0 Å². The number of nitrogens with one attached hydrogen (secondary N) is 1. The van der Waals surface area contributed by atoms with E-state index in [4.69, 9.17) is 14.6 Å². The molecule has 0 unspecified atom stereocenters. The highest BCUT2D eigenvalue weighted by molar-refractivity contribution is 6.01. The molecular formula is C24H31N3O3. The van der Waals surface area contributed by atoms with E-state index in [0.29, 0.717) is 11.5 Å². The second-order valence-electron chi connectivity index (χ2n) is 8.51. The van der Waals surface area contributed by atoms with Crippen LogP contribution in [0.5, 0.6) is 11.5 Å². The van der Waals surface area contributed by atoms with Crippen LogP contribution in [0.4, 0.5) is 5.69 Å². The number of hydrazone groups is 1. The molecule has 3 rings (SSSR count). The van der Waals surface area contributed by atoms with Crippen LogP contribution in [0, 0.1) is 5.41 Å². The van der Waals surface area contributed by atoms with Gasteiger partial charge in [0.1, 0.15) is 0 Å². The fraction of sp³-hybridized carbons (Fsp3) is 0.417. The Labute approximate surface area is 178 Å². The summed E-state index contributed by atoms with van der Waals surface area (Å²) >= 11 is 0. The molecule has 2 aromatic rings. The number of methoxy groups -OCH3 is 2. The summed E-state index contributed by atoms with van der Waals surface area (Å²) in [7, 11) is 3.28. The lowest BCUT2D eigenvalue weighted by molar-refractivity contribution is -0.123. The van der Waals surface area contributed by atoms with Crippen LogP contribution in [-0.2, 0) is 11.3 Å². The third-order valence-corrected chi connectivity index (χ3v) is 5.07. The van der Waals surface area contributed by atoms with E-state index in [0.717, 1.165) is 48.5 Å². The summed E-state index contributed by atoms with van der Waals surface area (Å²) in [5.74, 6) is 1.44. The number of carbonyl (C=O) groups is 1. The number of carbonyl (C=O) groups excluding carboxylic acids is 1. The van der Waals surface area contributed by atoms with Gasteiger partial charge in [0.05, 0.1) is 26.5 Å². The highest BCUT2D eigenvalue weighted by atomic mass is 16.5. The fourth-order valence-corrected chi connectivity index (χ4v) is 3.25. The van der Waals surface area contributed by atoms with E-state index >= 15 is 0 Å². The van der Waals surface area contributed by atoms with Gasteiger partial charge in [0, 0.05) is 23.2 Å². The van der Waals surface area contributed by atoms with Gasteiger partial charge in [0.25, 0.3) is 0 Å². The van der Waals surface area contributed by atoms with Crippen LogP contribution in [-0.4, -0.2) is 37.4 Å². The van der Waals surface area contributed by atoms with Crippen LogP contribution in [0.3, 0.4) is 0 Å². The van der Waals surface area contributed by atoms with Crippen molar-refractivity contribution in [2.24, 2.45) is 10.5 Å². The molecule has 1 N–H and O–H groups in total. The summed E-state index contributed by atoms with van der Waals surface area (Å²) in [6.07, 6.45) is 1.98. The van der Waals surface area contributed by atoms with E-state index in [2.05, 4.69) is 10.3 Å². The Morgan fingerprint density at radius 3 is 2.40 bits per heavy atom. The molecule has 0 radical (unpaired) electrons. The van der Waals surface area contributed by atoms with E-state index < -0.39 is 5.41 Å². The Morgan fingerprint density at radius 2 is 1.77 bits per heavy atom. The summed E-state index contributed by atoms with van der Waals surface area (Å²) in [6.45, 7) is 7.35. The second kappa shape index (κ2) is 9.20. The van der Waals surface area contributed by atoms with Gasteiger partial charge in [-0.05, 0) is 48.7 Å². The van der Waals surface area contributed by atoms with Crippen LogP contribution in [0.2, 0.25) is 0 Å². The van der Waals surface area contributed by atoms with Gasteiger partial charge in [-0.2, -0.15) is 5.10 Å². The lowest BCUT2D eigenvalue weighted by Gasteiger charge is -2.26. The number of hydrogen-bond donors (Lipinski definition) is 1. The molecule has 2 aromatic carbocycles. The van der Waals surface area contributed by atoms with Crippen molar-refractivity contribution in [3.8, 4) is 11.5 Å². The third-order valence-electron chi connectivity index (χ3n) is 5.07. The molecule has 1 amide bonds. The van der Waals surface area contributed by atoms with Gasteiger partial charge in [0.15, 0.2) is 11.5 Å². The molecule has 1 heterocycles. The highest BCUT2D eigenvalue weighted by Crippen LogP contribution is 2.29. The van der Waals surface area contributed by atoms with Gasteiger partial charge in [-0.25, -0.2) is 0 Å². The molecule has 30 heavy (non-hydrogen) atoms. The summed E-state index contributed by atoms with van der Waals surface area (Å²) < 4.78 is 10.8. The number of anilines is 1. The molecule has 160 valence electrons. The molecular weight excluding hydrogens is 378 g/mol. The van der Waals surface area contributed by atoms with Gasteiger partial charge in [-0.15, -0.1) is 0 Å². The molecule has 0 spiro atoms. The molecule has 0 aliphatic carbocycles. The number of ether oxygens (including phenoxy) is 2. The minimum Gasteiger partial charge on any atom is -0.493 e. The molecule has 0 saturated carbocycles. The molecule has 0 bridgehead atoms. The van der Waals surface area contributed by atoms with Crippen LogP contribution in [0.1, 0.15) is 44.7 Å². The molecule has 6 heteroatoms. The number of rotatable bonds is 6. The highest BCUT2D eigenvalue weighted by Gasteiger charge is 2.21. The second-order valence-corrected chi connectivity index (χ2v) is 8.51. The maximum atomic E-state index is 12.1. The van der Waals surface area contributed by atoms with E-state index in [9.17, 15) is 4.79 Å². The largest absolute Gasteiger partial charge is 0.493 e. The summed E-state index contributed by atoms with van der Waals surface area (Å²) in [4.78, 5) is 12.1. The monoisotopic (exact) mass is 409 g/mol. The van der Waals surface area contributed by atoms with Crippen molar-refractivity contribution in [2.75, 3.05) is 26.1 Å². The zero-order chi connectivity index (χ0) is 21.7. The summed E-state index contributed by atoms with van der Waals surface area (Å²) in [5, 5.41) is 9.92. The number of benzene rings is 2. The van der Waals surface area contributed by atoms with Crippen molar-refractivity contribution in [2.45, 2.75) is 40.2 Å². The van der Waals surface area contributed by atoms with Gasteiger partial charge < -0.3 is 14.8 Å². The topological polar surface area (TPSA) is 63.2 Å². The zero-order valence-electron chi connectivity index (χ0n) is 18.5. The van der Waals surface area contributed by atoms with E-state index in [1.54, 1.807) is 14.2 Å². The van der Waals surface area contributed by atoms with E-state index in [-0.39, 0.29) is 5.91 Å². The first kappa shape index (κ1) is 21.7. The molecule has 1 aliphatic rings. The van der Waals surface area contributed by atoms with Gasteiger partial charge in [0.2, 0.25) is 5.91 Å². The summed E-state index contributed by atoms with van der Waals surface area (Å²) in [5.41, 5.74) is 3.66. The molecule has 0 fully saturated rings. The van der Waals surface area contributed by atoms with Crippen molar-refractivity contribution in [1.82, 2.24) is 5.01 Å². The fourth-order valence-electron chi connectivity index (χ4n) is 3.25. The maximum Gasteiger partial charge on any atom is 0.229 e. The minimum atomic E-state index is -0.415. The summed E-state index contributed by atoms with van der Waals surface area (Å²) in [6, 6.07) is 13.9. The number of hydrogen-bond acceptors (Lipinski definition) is 5. The van der Waals surface area contributed by atoms with Gasteiger partial charge in [-0.3, -0.25) is 9.80 Å². The predicted molar refractivity (Wildman–Crippen MR) is 120 cm³/mol. The average molecular weight is 410 g/mol. The Morgan fingerprint density at radius 1 is 1.07 bits per heavy atom. The van der Waals surface area contributed by atoms with Crippen LogP contribution in [0.15, 0.2) is 47.6 Å². The first-order valence-electron chi connectivity index (χ1n) is 10.3. The standard InChI is InChI=1S/C24H31N3O3/c1-24(2,3)23(28)25-19-11-8-17(9-12-19)16-27-14-6-7-20(26-27)18-10-13-21(29-4)22(15-18)30-5/h8-13,15H,6-7,14,16H2,1-5H3,(H,25,28). The van der Waals surface area contributed by atoms with E-state index in [1.807, 2.05) is 63.2 Å². The van der Waals surface area contributed by atoms with Crippen molar-refractivity contribution in [3.05, 3.63) is 53.6 Å². The Balaban J connectivity index is 1.69. The SMILES string of the molecule is COc1ccc(C2=NN(Cc3ccc(NC(=O)C(C)(C)C)cc3)CCC2)cc1OC. The smallest absolute Gasteiger partial charge is 0.229 e. The molecule has 1 aliphatic heterocycles. The number of amides is 1. The number of nitrogens with zero attached hydrogens (tertiary/aromatic N) is 2. The molecule has 0 aromatic heterocycles. The van der Waals surface area contributed by atoms with Crippen molar-refractivity contribution in [1.29, 1.82) is 0 Å². The first-order valence-corrected chi connectivity index (χ1v) is 10.3. The lowest BCUT2D eigenvalue weighted by atomic mass is 9.95. The minimum absolute atomic E-state index is 0.00967. The average Bonchev–Trinajstić information content (AvgIpc) is 2.74. The first-order chi connectivity index (χ1) is 14.3. The predicted octanol–water partition coefficient (Wildman–Crippen LogP) is 4.69. The Kier molecular flexibility index (Phi) is 6.65. The van der Waals surface area contributed by atoms with Crippen molar-refractivity contribution >= 4 is 17.3 Å². The van der Waals surface area contributed by atoms with Gasteiger partial charge >= 0.3 is 0 Å². The quantitative estimate of drug-likeness (QED) is 0.752. The van der Waals surface area contributed by atoms with E-state index in [1.165, 1.54) is 0 Å². The molecule has 0 atom stereocenters. The normalized spacial score (nSPS) is 14.2. The van der Waals surface area contributed by atoms with Crippen LogP contribution < -0.4 is 14.8 Å². The van der Waals surface area contributed by atoms with Crippen LogP contribution in [0.25, 0.3) is 0 Å². The molecule has 0 saturated heterocycles. The Hall–Kier alpha value is -3.02. The zero-order valence-corrected chi connectivity index (χ0v) is 18.5. The Bertz CT molecular complexity index is 914. The maximum absolute atomic E-state index is 12.1.